The Morgan fingerprint density at radius 1 is 1.16 bits per heavy atom. The van der Waals surface area contributed by atoms with Crippen molar-refractivity contribution in [2.45, 2.75) is 109 Å². The molecule has 4 rings (SSSR count). The number of esters is 1. The van der Waals surface area contributed by atoms with Crippen molar-refractivity contribution in [3.05, 3.63) is 36.0 Å². The van der Waals surface area contributed by atoms with Crippen LogP contribution < -0.4 is 10.6 Å². The molecular formula is C32H49N3O8. The zero-order valence-corrected chi connectivity index (χ0v) is 26.1. The van der Waals surface area contributed by atoms with Crippen molar-refractivity contribution in [3.63, 3.8) is 0 Å². The largest absolute Gasteiger partial charge is 0.459 e. The van der Waals surface area contributed by atoms with Crippen molar-refractivity contribution in [1.29, 1.82) is 0 Å². The van der Waals surface area contributed by atoms with Crippen molar-refractivity contribution in [3.8, 4) is 0 Å². The number of carbonyl (C=O) groups excluding carboxylic acids is 3. The molecule has 11 heteroatoms. The highest BCUT2D eigenvalue weighted by atomic mass is 16.6. The molecule has 0 radical (unpaired) electrons. The summed E-state index contributed by atoms with van der Waals surface area (Å²) in [7, 11) is 0. The van der Waals surface area contributed by atoms with Gasteiger partial charge in [0.1, 0.15) is 23.9 Å². The molecule has 4 heterocycles. The summed E-state index contributed by atoms with van der Waals surface area (Å²) in [5.41, 5.74) is 0.398. The lowest BCUT2D eigenvalue weighted by Gasteiger charge is -2.39. The normalized spacial score (nSPS) is 35.7. The first-order valence-electron chi connectivity index (χ1n) is 15.6. The van der Waals surface area contributed by atoms with E-state index in [0.717, 1.165) is 25.1 Å². The Morgan fingerprint density at radius 2 is 1.88 bits per heavy atom. The number of allylic oxidation sites excluding steroid dienone is 2. The molecule has 0 aromatic carbocycles. The smallest absolute Gasteiger partial charge is 0.303 e. The third-order valence-corrected chi connectivity index (χ3v) is 8.80. The maximum atomic E-state index is 12.8. The molecule has 0 aromatic rings. The van der Waals surface area contributed by atoms with Crippen molar-refractivity contribution in [2.75, 3.05) is 32.8 Å². The van der Waals surface area contributed by atoms with Gasteiger partial charge in [-0.15, -0.1) is 0 Å². The van der Waals surface area contributed by atoms with Gasteiger partial charge in [-0.2, -0.15) is 0 Å². The summed E-state index contributed by atoms with van der Waals surface area (Å²) >= 11 is 0. The second-order valence-electron chi connectivity index (χ2n) is 12.5. The average Bonchev–Trinajstić information content (AvgIpc) is 3.74. The van der Waals surface area contributed by atoms with E-state index in [-0.39, 0.29) is 48.5 Å². The van der Waals surface area contributed by atoms with E-state index in [9.17, 15) is 19.5 Å². The molecule has 4 aliphatic rings. The number of ether oxygens (including phenoxy) is 4. The Morgan fingerprint density at radius 3 is 2.56 bits per heavy atom. The second kappa shape index (κ2) is 14.9. The van der Waals surface area contributed by atoms with E-state index < -0.39 is 29.9 Å². The lowest BCUT2D eigenvalue weighted by Crippen LogP contribution is -2.52. The van der Waals surface area contributed by atoms with Crippen LogP contribution in [0.15, 0.2) is 36.0 Å². The van der Waals surface area contributed by atoms with E-state index in [1.807, 2.05) is 30.9 Å². The van der Waals surface area contributed by atoms with Gasteiger partial charge in [0.15, 0.2) is 0 Å². The standard InChI is InChI=1S/C32H49N3O8/c1-20(6-9-27-21(2)16-26(23(4)42-27)34-29(37)11-8-22(3)41-24(5)36)7-10-28-31(39)32(19-40-32)18-25(43-28)17-30(38)35-14-12-33-13-15-35/h6-8,10-11,21-23,25-28,31,33,39H,9,12-19H2,1-5H3,(H,34,37)/b10-7+,11-8-,20-6+/t21-,22-,23+,25+,26+,27-,28+,31+,32+/m0/s1. The van der Waals surface area contributed by atoms with Crippen LogP contribution in [0.2, 0.25) is 0 Å². The van der Waals surface area contributed by atoms with E-state index in [2.05, 4.69) is 23.6 Å². The quantitative estimate of drug-likeness (QED) is 0.148. The average molecular weight is 604 g/mol. The van der Waals surface area contributed by atoms with Crippen molar-refractivity contribution in [1.82, 2.24) is 15.5 Å². The first kappa shape index (κ1) is 33.3. The van der Waals surface area contributed by atoms with E-state index in [4.69, 9.17) is 18.9 Å². The van der Waals surface area contributed by atoms with Crippen LogP contribution in [0.1, 0.15) is 60.3 Å². The van der Waals surface area contributed by atoms with Crippen LogP contribution in [0.5, 0.6) is 0 Å². The van der Waals surface area contributed by atoms with E-state index >= 15 is 0 Å². The van der Waals surface area contributed by atoms with Gasteiger partial charge in [-0.1, -0.05) is 30.7 Å². The molecule has 4 aliphatic heterocycles. The van der Waals surface area contributed by atoms with Crippen LogP contribution in [-0.2, 0) is 33.3 Å². The fourth-order valence-electron chi connectivity index (χ4n) is 6.12. The third kappa shape index (κ3) is 9.46. The fraction of sp³-hybridized carbons (Fsp3) is 0.719. The van der Waals surface area contributed by atoms with E-state index in [0.29, 0.717) is 32.5 Å². The molecule has 0 bridgehead atoms. The minimum atomic E-state index is -0.781. The summed E-state index contributed by atoms with van der Waals surface area (Å²) in [4.78, 5) is 38.1. The number of piperazine rings is 1. The summed E-state index contributed by atoms with van der Waals surface area (Å²) in [6.45, 7) is 12.6. The highest BCUT2D eigenvalue weighted by Crippen LogP contribution is 2.43. The van der Waals surface area contributed by atoms with Crippen LogP contribution in [0.4, 0.5) is 0 Å². The van der Waals surface area contributed by atoms with E-state index in [1.165, 1.54) is 13.0 Å². The zero-order valence-electron chi connectivity index (χ0n) is 26.1. The lowest BCUT2D eigenvalue weighted by atomic mass is 9.87. The number of aliphatic hydroxyl groups excluding tert-OH is 1. The Kier molecular flexibility index (Phi) is 11.6. The highest BCUT2D eigenvalue weighted by Gasteiger charge is 2.58. The summed E-state index contributed by atoms with van der Waals surface area (Å²) in [6, 6.07) is -0.120. The first-order valence-corrected chi connectivity index (χ1v) is 15.6. The Bertz CT molecular complexity index is 1080. The molecular weight excluding hydrogens is 554 g/mol. The maximum Gasteiger partial charge on any atom is 0.303 e. The highest BCUT2D eigenvalue weighted by molar-refractivity contribution is 5.87. The van der Waals surface area contributed by atoms with Crippen molar-refractivity contribution >= 4 is 17.8 Å². The summed E-state index contributed by atoms with van der Waals surface area (Å²) in [5, 5.41) is 17.2. The number of epoxide rings is 1. The predicted octanol–water partition coefficient (Wildman–Crippen LogP) is 1.79. The molecule has 3 N–H and O–H groups in total. The minimum Gasteiger partial charge on any atom is -0.459 e. The molecule has 0 aliphatic carbocycles. The molecule has 0 saturated carbocycles. The van der Waals surface area contributed by atoms with Crippen LogP contribution in [-0.4, -0.2) is 109 Å². The van der Waals surface area contributed by atoms with Gasteiger partial charge in [-0.3, -0.25) is 14.4 Å². The molecule has 43 heavy (non-hydrogen) atoms. The molecule has 4 saturated heterocycles. The Hall–Kier alpha value is -2.57. The predicted molar refractivity (Wildman–Crippen MR) is 160 cm³/mol. The van der Waals surface area contributed by atoms with Gasteiger partial charge in [0.05, 0.1) is 37.4 Å². The summed E-state index contributed by atoms with van der Waals surface area (Å²) in [6.07, 6.45) is 8.94. The molecule has 2 amide bonds. The molecule has 11 nitrogen and oxygen atoms in total. The molecule has 1 spiro atoms. The SMILES string of the molecule is CC(=O)O[C@@H](C)/C=C\C(=O)N[C@@H]1C[C@H](C)[C@H](C/C=C(C)/C=C/[C@H]2O[C@H](CC(=O)N3CCNCC3)C[C@@]3(CO3)[C@@H]2O)O[C@@H]1C. The molecule has 9 atom stereocenters. The summed E-state index contributed by atoms with van der Waals surface area (Å²) in [5.74, 6) is -0.328. The minimum absolute atomic E-state index is 0.00562. The number of nitrogens with zero attached hydrogens (tertiary/aromatic N) is 1. The summed E-state index contributed by atoms with van der Waals surface area (Å²) < 4.78 is 23.2. The molecule has 0 aromatic heterocycles. The molecule has 4 fully saturated rings. The number of rotatable bonds is 10. The third-order valence-electron chi connectivity index (χ3n) is 8.80. The zero-order chi connectivity index (χ0) is 31.1. The topological polar surface area (TPSA) is 139 Å². The van der Waals surface area contributed by atoms with Gasteiger partial charge in [-0.05, 0) is 45.6 Å². The van der Waals surface area contributed by atoms with Gasteiger partial charge in [0.2, 0.25) is 11.8 Å². The van der Waals surface area contributed by atoms with Crippen LogP contribution in [0, 0.1) is 5.92 Å². The number of amides is 2. The van der Waals surface area contributed by atoms with Crippen molar-refractivity contribution < 1.29 is 38.4 Å². The first-order chi connectivity index (χ1) is 20.5. The van der Waals surface area contributed by atoms with Gasteiger partial charge >= 0.3 is 5.97 Å². The van der Waals surface area contributed by atoms with Gasteiger partial charge < -0.3 is 39.6 Å². The van der Waals surface area contributed by atoms with Crippen LogP contribution in [0.25, 0.3) is 0 Å². The van der Waals surface area contributed by atoms with Crippen LogP contribution in [0.3, 0.4) is 0 Å². The second-order valence-corrected chi connectivity index (χ2v) is 12.5. The maximum absolute atomic E-state index is 12.8. The fourth-order valence-corrected chi connectivity index (χ4v) is 6.12. The van der Waals surface area contributed by atoms with Gasteiger partial charge in [0, 0.05) is 45.6 Å². The van der Waals surface area contributed by atoms with Gasteiger partial charge in [-0.25, -0.2) is 0 Å². The monoisotopic (exact) mass is 603 g/mol. The molecule has 0 unspecified atom stereocenters. The number of hydrogen-bond donors (Lipinski definition) is 3. The Labute approximate surface area is 255 Å². The molecule has 240 valence electrons. The van der Waals surface area contributed by atoms with E-state index in [1.54, 1.807) is 13.0 Å². The number of aliphatic hydroxyl groups is 1. The number of carbonyl (C=O) groups is 3. The van der Waals surface area contributed by atoms with Crippen LogP contribution >= 0.6 is 0 Å². The number of hydrogen-bond acceptors (Lipinski definition) is 9. The van der Waals surface area contributed by atoms with Gasteiger partial charge in [0.25, 0.3) is 0 Å². The Balaban J connectivity index is 1.26. The van der Waals surface area contributed by atoms with Crippen molar-refractivity contribution in [2.24, 2.45) is 5.92 Å². The lowest BCUT2D eigenvalue weighted by molar-refractivity contribution is -0.151. The number of nitrogens with one attached hydrogen (secondary N) is 2.